The predicted octanol–water partition coefficient (Wildman–Crippen LogP) is 2.80. The Balaban J connectivity index is 2.55. The second-order valence-corrected chi connectivity index (χ2v) is 3.25. The molecule has 0 fully saturated rings. The molecule has 2 heteroatoms. The number of rotatable bonds is 4. The van der Waals surface area contributed by atoms with E-state index in [1.165, 1.54) is 5.56 Å². The van der Waals surface area contributed by atoms with Gasteiger partial charge in [0.1, 0.15) is 0 Å². The monoisotopic (exact) mass is 190 g/mol. The van der Waals surface area contributed by atoms with E-state index in [4.69, 9.17) is 0 Å². The zero-order chi connectivity index (χ0) is 10.4. The standard InChI is InChI=1S/C12H16NO/c1-3-5-12(14)13-11-8-6-10(4-2)7-9-11/h6-9H,2-5H2,1H3,(H,13,14). The summed E-state index contributed by atoms with van der Waals surface area (Å²) in [6.07, 6.45) is 2.24. The van der Waals surface area contributed by atoms with Crippen LogP contribution >= 0.6 is 0 Å². The van der Waals surface area contributed by atoms with Crippen LogP contribution in [-0.4, -0.2) is 5.91 Å². The molecule has 1 aromatic carbocycles. The fourth-order valence-electron chi connectivity index (χ4n) is 1.21. The summed E-state index contributed by atoms with van der Waals surface area (Å²) in [5.41, 5.74) is 2.04. The van der Waals surface area contributed by atoms with E-state index in [-0.39, 0.29) is 5.91 Å². The first-order valence-corrected chi connectivity index (χ1v) is 4.94. The topological polar surface area (TPSA) is 29.1 Å². The lowest BCUT2D eigenvalue weighted by atomic mass is 10.1. The van der Waals surface area contributed by atoms with E-state index in [0.717, 1.165) is 18.5 Å². The van der Waals surface area contributed by atoms with Gasteiger partial charge in [-0.25, -0.2) is 0 Å². The normalized spacial score (nSPS) is 9.86. The molecule has 0 aliphatic heterocycles. The molecule has 0 spiro atoms. The number of benzene rings is 1. The van der Waals surface area contributed by atoms with Crippen molar-refractivity contribution in [1.82, 2.24) is 0 Å². The largest absolute Gasteiger partial charge is 0.326 e. The third kappa shape index (κ3) is 3.21. The third-order valence-corrected chi connectivity index (χ3v) is 2.00. The van der Waals surface area contributed by atoms with E-state index < -0.39 is 0 Å². The lowest BCUT2D eigenvalue weighted by molar-refractivity contribution is -0.116. The first-order valence-electron chi connectivity index (χ1n) is 4.94. The number of carbonyl (C=O) groups excluding carboxylic acids is 1. The summed E-state index contributed by atoms with van der Waals surface area (Å²) in [5, 5.41) is 2.83. The van der Waals surface area contributed by atoms with E-state index in [0.29, 0.717) is 6.42 Å². The molecule has 0 saturated carbocycles. The van der Waals surface area contributed by atoms with Crippen LogP contribution in [0, 0.1) is 6.92 Å². The van der Waals surface area contributed by atoms with Crippen LogP contribution in [-0.2, 0) is 11.2 Å². The zero-order valence-corrected chi connectivity index (χ0v) is 8.55. The molecule has 1 amide bonds. The molecule has 0 atom stereocenters. The van der Waals surface area contributed by atoms with E-state index in [9.17, 15) is 4.79 Å². The summed E-state index contributed by atoms with van der Waals surface area (Å²) >= 11 is 0. The average molecular weight is 190 g/mol. The predicted molar refractivity (Wildman–Crippen MR) is 59.0 cm³/mol. The smallest absolute Gasteiger partial charge is 0.224 e. The van der Waals surface area contributed by atoms with E-state index in [2.05, 4.69) is 12.2 Å². The molecule has 0 aromatic heterocycles. The van der Waals surface area contributed by atoms with Gasteiger partial charge in [-0.05, 0) is 37.5 Å². The third-order valence-electron chi connectivity index (χ3n) is 2.00. The van der Waals surface area contributed by atoms with Crippen molar-refractivity contribution in [1.29, 1.82) is 0 Å². The van der Waals surface area contributed by atoms with E-state index in [1.807, 2.05) is 31.2 Å². The lowest BCUT2D eigenvalue weighted by Gasteiger charge is -2.04. The van der Waals surface area contributed by atoms with Gasteiger partial charge in [-0.2, -0.15) is 0 Å². The number of amides is 1. The highest BCUT2D eigenvalue weighted by Gasteiger charge is 1.99. The van der Waals surface area contributed by atoms with Gasteiger partial charge in [-0.15, -0.1) is 0 Å². The van der Waals surface area contributed by atoms with Gasteiger partial charge in [0.2, 0.25) is 5.91 Å². The van der Waals surface area contributed by atoms with Gasteiger partial charge in [0.05, 0.1) is 0 Å². The number of nitrogens with one attached hydrogen (secondary N) is 1. The molecule has 0 unspecified atom stereocenters. The Kier molecular flexibility index (Phi) is 4.17. The molecule has 0 aliphatic carbocycles. The number of anilines is 1. The summed E-state index contributed by atoms with van der Waals surface area (Å²) in [6.45, 7) is 5.78. The molecule has 0 heterocycles. The first-order chi connectivity index (χ1) is 6.76. The molecule has 1 rings (SSSR count). The van der Waals surface area contributed by atoms with Crippen LogP contribution in [0.5, 0.6) is 0 Å². The summed E-state index contributed by atoms with van der Waals surface area (Å²) in [4.78, 5) is 11.2. The van der Waals surface area contributed by atoms with Crippen molar-refractivity contribution in [2.45, 2.75) is 26.2 Å². The Morgan fingerprint density at radius 1 is 1.36 bits per heavy atom. The molecular formula is C12H16NO. The van der Waals surface area contributed by atoms with Crippen LogP contribution < -0.4 is 5.32 Å². The van der Waals surface area contributed by atoms with Gasteiger partial charge < -0.3 is 5.32 Å². The van der Waals surface area contributed by atoms with Crippen molar-refractivity contribution in [2.24, 2.45) is 0 Å². The Morgan fingerprint density at radius 3 is 2.50 bits per heavy atom. The lowest BCUT2D eigenvalue weighted by Crippen LogP contribution is -2.10. The Hall–Kier alpha value is -1.31. The van der Waals surface area contributed by atoms with Gasteiger partial charge in [-0.1, -0.05) is 19.1 Å². The van der Waals surface area contributed by atoms with Crippen molar-refractivity contribution in [2.75, 3.05) is 5.32 Å². The summed E-state index contributed by atoms with van der Waals surface area (Å²) in [6, 6.07) is 7.78. The second-order valence-electron chi connectivity index (χ2n) is 3.25. The highest BCUT2D eigenvalue weighted by Crippen LogP contribution is 2.10. The zero-order valence-electron chi connectivity index (χ0n) is 8.55. The number of hydrogen-bond acceptors (Lipinski definition) is 1. The van der Waals surface area contributed by atoms with Gasteiger partial charge in [0.25, 0.3) is 0 Å². The van der Waals surface area contributed by atoms with Crippen molar-refractivity contribution in [3.8, 4) is 0 Å². The van der Waals surface area contributed by atoms with Crippen LogP contribution in [0.4, 0.5) is 5.69 Å². The maximum Gasteiger partial charge on any atom is 0.224 e. The van der Waals surface area contributed by atoms with E-state index in [1.54, 1.807) is 0 Å². The van der Waals surface area contributed by atoms with Crippen molar-refractivity contribution >= 4 is 11.6 Å². The molecular weight excluding hydrogens is 174 g/mol. The van der Waals surface area contributed by atoms with E-state index >= 15 is 0 Å². The molecule has 75 valence electrons. The van der Waals surface area contributed by atoms with Crippen LogP contribution in [0.25, 0.3) is 0 Å². The average Bonchev–Trinajstić information content (AvgIpc) is 2.19. The van der Waals surface area contributed by atoms with Crippen molar-refractivity contribution < 1.29 is 4.79 Å². The summed E-state index contributed by atoms with van der Waals surface area (Å²) in [7, 11) is 0. The molecule has 1 aromatic rings. The summed E-state index contributed by atoms with van der Waals surface area (Å²) in [5.74, 6) is 0.0786. The fourth-order valence-corrected chi connectivity index (χ4v) is 1.21. The Bertz CT molecular complexity index is 290. The molecule has 14 heavy (non-hydrogen) atoms. The Morgan fingerprint density at radius 2 is 2.00 bits per heavy atom. The molecule has 1 radical (unpaired) electrons. The molecule has 0 aliphatic rings. The minimum Gasteiger partial charge on any atom is -0.326 e. The van der Waals surface area contributed by atoms with Gasteiger partial charge >= 0.3 is 0 Å². The Labute approximate surface area is 85.3 Å². The molecule has 1 N–H and O–H groups in total. The first kappa shape index (κ1) is 10.8. The van der Waals surface area contributed by atoms with Crippen LogP contribution in [0.2, 0.25) is 0 Å². The minimum absolute atomic E-state index is 0.0786. The van der Waals surface area contributed by atoms with Crippen molar-refractivity contribution in [3.63, 3.8) is 0 Å². The molecule has 0 bridgehead atoms. The fraction of sp³-hybridized carbons (Fsp3) is 0.333. The quantitative estimate of drug-likeness (QED) is 0.777. The minimum atomic E-state index is 0.0786. The highest BCUT2D eigenvalue weighted by atomic mass is 16.1. The van der Waals surface area contributed by atoms with Crippen LogP contribution in [0.3, 0.4) is 0 Å². The van der Waals surface area contributed by atoms with Crippen molar-refractivity contribution in [3.05, 3.63) is 36.8 Å². The van der Waals surface area contributed by atoms with Gasteiger partial charge in [0, 0.05) is 12.1 Å². The summed E-state index contributed by atoms with van der Waals surface area (Å²) < 4.78 is 0. The highest BCUT2D eigenvalue weighted by molar-refractivity contribution is 5.90. The van der Waals surface area contributed by atoms with Gasteiger partial charge in [-0.3, -0.25) is 4.79 Å². The number of carbonyl (C=O) groups is 1. The van der Waals surface area contributed by atoms with Crippen LogP contribution in [0.15, 0.2) is 24.3 Å². The molecule has 0 saturated heterocycles. The maximum absolute atomic E-state index is 11.2. The SMILES string of the molecule is [CH2]Cc1ccc(NC(=O)CCC)cc1. The van der Waals surface area contributed by atoms with Gasteiger partial charge in [0.15, 0.2) is 0 Å². The number of hydrogen-bond donors (Lipinski definition) is 1. The second kappa shape index (κ2) is 5.43. The maximum atomic E-state index is 11.2. The molecule has 2 nitrogen and oxygen atoms in total. The van der Waals surface area contributed by atoms with Crippen LogP contribution in [0.1, 0.15) is 25.3 Å².